The van der Waals surface area contributed by atoms with Crippen molar-refractivity contribution in [1.29, 1.82) is 0 Å². The SMILES string of the molecule is CNC(=O)c1ccc(NC(=O)[C@@H]2CCCC[C@H]2C(=O)O)cc1. The summed E-state index contributed by atoms with van der Waals surface area (Å²) < 4.78 is 0. The van der Waals surface area contributed by atoms with Gasteiger partial charge in [-0.2, -0.15) is 0 Å². The lowest BCUT2D eigenvalue weighted by Gasteiger charge is -2.27. The third-order valence-corrected chi connectivity index (χ3v) is 4.06. The lowest BCUT2D eigenvalue weighted by Crippen LogP contribution is -2.36. The van der Waals surface area contributed by atoms with Crippen molar-refractivity contribution in [2.75, 3.05) is 12.4 Å². The van der Waals surface area contributed by atoms with Gasteiger partial charge in [0.05, 0.1) is 11.8 Å². The maximum absolute atomic E-state index is 12.3. The van der Waals surface area contributed by atoms with Crippen LogP contribution in [0.25, 0.3) is 0 Å². The summed E-state index contributed by atoms with van der Waals surface area (Å²) in [7, 11) is 1.55. The van der Waals surface area contributed by atoms with E-state index in [-0.39, 0.29) is 11.8 Å². The van der Waals surface area contributed by atoms with Crippen LogP contribution in [-0.4, -0.2) is 29.9 Å². The molecule has 22 heavy (non-hydrogen) atoms. The van der Waals surface area contributed by atoms with Gasteiger partial charge in [0.1, 0.15) is 0 Å². The molecular weight excluding hydrogens is 284 g/mol. The highest BCUT2D eigenvalue weighted by Crippen LogP contribution is 2.31. The lowest BCUT2D eigenvalue weighted by molar-refractivity contribution is -0.147. The number of nitrogens with one attached hydrogen (secondary N) is 2. The van der Waals surface area contributed by atoms with Crippen LogP contribution in [0.2, 0.25) is 0 Å². The number of carbonyl (C=O) groups excluding carboxylic acids is 2. The summed E-state index contributed by atoms with van der Waals surface area (Å²) in [6, 6.07) is 6.51. The third-order valence-electron chi connectivity index (χ3n) is 4.06. The van der Waals surface area contributed by atoms with Gasteiger partial charge in [-0.05, 0) is 37.1 Å². The molecule has 1 aromatic carbocycles. The van der Waals surface area contributed by atoms with Crippen LogP contribution >= 0.6 is 0 Å². The van der Waals surface area contributed by atoms with Gasteiger partial charge in [-0.25, -0.2) is 0 Å². The normalized spacial score (nSPS) is 21.0. The van der Waals surface area contributed by atoms with Gasteiger partial charge >= 0.3 is 5.97 Å². The molecule has 118 valence electrons. The van der Waals surface area contributed by atoms with Crippen molar-refractivity contribution in [2.24, 2.45) is 11.8 Å². The molecular formula is C16H20N2O4. The number of aliphatic carboxylic acids is 1. The molecule has 6 heteroatoms. The molecule has 0 saturated heterocycles. The average molecular weight is 304 g/mol. The fourth-order valence-corrected chi connectivity index (χ4v) is 2.82. The Hall–Kier alpha value is -2.37. The minimum Gasteiger partial charge on any atom is -0.481 e. The quantitative estimate of drug-likeness (QED) is 0.791. The maximum Gasteiger partial charge on any atom is 0.307 e. The van der Waals surface area contributed by atoms with E-state index >= 15 is 0 Å². The monoisotopic (exact) mass is 304 g/mol. The first-order chi connectivity index (χ1) is 10.5. The predicted molar refractivity (Wildman–Crippen MR) is 81.5 cm³/mol. The van der Waals surface area contributed by atoms with Gasteiger partial charge in [-0.3, -0.25) is 14.4 Å². The Morgan fingerprint density at radius 1 is 1.05 bits per heavy atom. The van der Waals surface area contributed by atoms with Crippen molar-refractivity contribution in [3.05, 3.63) is 29.8 Å². The summed E-state index contributed by atoms with van der Waals surface area (Å²) in [5, 5.41) is 14.5. The zero-order chi connectivity index (χ0) is 16.1. The lowest BCUT2D eigenvalue weighted by atomic mass is 9.78. The van der Waals surface area contributed by atoms with Crippen LogP contribution in [0.15, 0.2) is 24.3 Å². The minimum atomic E-state index is -0.908. The molecule has 2 atom stereocenters. The molecule has 1 saturated carbocycles. The molecule has 0 unspecified atom stereocenters. The van der Waals surface area contributed by atoms with Crippen molar-refractivity contribution in [2.45, 2.75) is 25.7 Å². The van der Waals surface area contributed by atoms with Crippen molar-refractivity contribution < 1.29 is 19.5 Å². The maximum atomic E-state index is 12.3. The molecule has 6 nitrogen and oxygen atoms in total. The van der Waals surface area contributed by atoms with Gasteiger partial charge < -0.3 is 15.7 Å². The molecule has 0 bridgehead atoms. The van der Waals surface area contributed by atoms with Crippen LogP contribution in [0.4, 0.5) is 5.69 Å². The first-order valence-corrected chi connectivity index (χ1v) is 7.38. The second-order valence-corrected chi connectivity index (χ2v) is 5.48. The molecule has 0 heterocycles. The van der Waals surface area contributed by atoms with Gasteiger partial charge in [-0.15, -0.1) is 0 Å². The van der Waals surface area contributed by atoms with E-state index in [2.05, 4.69) is 10.6 Å². The van der Waals surface area contributed by atoms with E-state index in [9.17, 15) is 19.5 Å². The Morgan fingerprint density at radius 3 is 2.18 bits per heavy atom. The number of anilines is 1. The summed E-state index contributed by atoms with van der Waals surface area (Å²) in [4.78, 5) is 35.0. The zero-order valence-corrected chi connectivity index (χ0v) is 12.5. The smallest absolute Gasteiger partial charge is 0.307 e. The largest absolute Gasteiger partial charge is 0.481 e. The second-order valence-electron chi connectivity index (χ2n) is 5.48. The van der Waals surface area contributed by atoms with Crippen LogP contribution in [0.3, 0.4) is 0 Å². The molecule has 1 fully saturated rings. The summed E-state index contributed by atoms with van der Waals surface area (Å²) in [6.45, 7) is 0. The predicted octanol–water partition coefficient (Wildman–Crippen LogP) is 1.88. The van der Waals surface area contributed by atoms with Gasteiger partial charge in [-0.1, -0.05) is 12.8 Å². The Labute approximate surface area is 128 Å². The first kappa shape index (κ1) is 16.0. The number of rotatable bonds is 4. The zero-order valence-electron chi connectivity index (χ0n) is 12.5. The third kappa shape index (κ3) is 3.63. The van der Waals surface area contributed by atoms with E-state index in [4.69, 9.17) is 0 Å². The fourth-order valence-electron chi connectivity index (χ4n) is 2.82. The molecule has 3 N–H and O–H groups in total. The van der Waals surface area contributed by atoms with Crippen molar-refractivity contribution in [3.8, 4) is 0 Å². The number of amides is 2. The number of hydrogen-bond donors (Lipinski definition) is 3. The number of benzene rings is 1. The Bertz CT molecular complexity index is 568. The van der Waals surface area contributed by atoms with E-state index in [1.165, 1.54) is 0 Å². The Kier molecular flexibility index (Phi) is 5.14. The van der Waals surface area contributed by atoms with Gasteiger partial charge in [0.15, 0.2) is 0 Å². The molecule has 1 aliphatic rings. The molecule has 1 aliphatic carbocycles. The summed E-state index contributed by atoms with van der Waals surface area (Å²) >= 11 is 0. The molecule has 2 amide bonds. The van der Waals surface area contributed by atoms with Crippen molar-refractivity contribution in [3.63, 3.8) is 0 Å². The topological polar surface area (TPSA) is 95.5 Å². The first-order valence-electron chi connectivity index (χ1n) is 7.38. The summed E-state index contributed by atoms with van der Waals surface area (Å²) in [6.07, 6.45) is 2.86. The van der Waals surface area contributed by atoms with E-state index in [0.29, 0.717) is 24.1 Å². The van der Waals surface area contributed by atoms with E-state index < -0.39 is 17.8 Å². The van der Waals surface area contributed by atoms with E-state index in [1.54, 1.807) is 31.3 Å². The summed E-state index contributed by atoms with van der Waals surface area (Å²) in [5.74, 6) is -2.48. The average Bonchev–Trinajstić information content (AvgIpc) is 2.54. The number of carboxylic acid groups (broad SMARTS) is 1. The standard InChI is InChI=1S/C16H20N2O4/c1-17-14(19)10-6-8-11(9-7-10)18-15(20)12-4-2-3-5-13(12)16(21)22/h6-9,12-13H,2-5H2,1H3,(H,17,19)(H,18,20)(H,21,22)/t12-,13-/m1/s1. The highest BCUT2D eigenvalue weighted by Gasteiger charge is 2.35. The van der Waals surface area contributed by atoms with Crippen molar-refractivity contribution in [1.82, 2.24) is 5.32 Å². The molecule has 2 rings (SSSR count). The minimum absolute atomic E-state index is 0.198. The van der Waals surface area contributed by atoms with Gasteiger partial charge in [0, 0.05) is 18.3 Å². The van der Waals surface area contributed by atoms with Crippen LogP contribution in [0.5, 0.6) is 0 Å². The molecule has 0 radical (unpaired) electrons. The van der Waals surface area contributed by atoms with Gasteiger partial charge in [0.25, 0.3) is 5.91 Å². The molecule has 1 aromatic rings. The van der Waals surface area contributed by atoms with Crippen LogP contribution in [0.1, 0.15) is 36.0 Å². The molecule has 0 spiro atoms. The van der Waals surface area contributed by atoms with Gasteiger partial charge in [0.2, 0.25) is 5.91 Å². The number of hydrogen-bond acceptors (Lipinski definition) is 3. The summed E-state index contributed by atoms with van der Waals surface area (Å²) in [5.41, 5.74) is 1.06. The highest BCUT2D eigenvalue weighted by molar-refractivity contribution is 5.97. The highest BCUT2D eigenvalue weighted by atomic mass is 16.4. The molecule has 0 aliphatic heterocycles. The number of carbonyl (C=O) groups is 3. The fraction of sp³-hybridized carbons (Fsp3) is 0.438. The van der Waals surface area contributed by atoms with Crippen LogP contribution in [-0.2, 0) is 9.59 Å². The van der Waals surface area contributed by atoms with E-state index in [1.807, 2.05) is 0 Å². The second kappa shape index (κ2) is 7.06. The van der Waals surface area contributed by atoms with Crippen molar-refractivity contribution >= 4 is 23.5 Å². The Morgan fingerprint density at radius 2 is 1.64 bits per heavy atom. The van der Waals surface area contributed by atoms with Crippen LogP contribution in [0, 0.1) is 11.8 Å². The molecule has 0 aromatic heterocycles. The Balaban J connectivity index is 2.04. The number of carboxylic acids is 1. The van der Waals surface area contributed by atoms with Crippen LogP contribution < -0.4 is 10.6 Å². The van der Waals surface area contributed by atoms with E-state index in [0.717, 1.165) is 12.8 Å².